The molecular formula is C17H20O. The molecule has 1 unspecified atom stereocenters. The average Bonchev–Trinajstić information content (AvgIpc) is 2.35. The second-order valence-corrected chi connectivity index (χ2v) is 5.02. The summed E-state index contributed by atoms with van der Waals surface area (Å²) < 4.78 is 0. The lowest BCUT2D eigenvalue weighted by Crippen LogP contribution is -2.01. The lowest BCUT2D eigenvalue weighted by atomic mass is 9.90. The van der Waals surface area contributed by atoms with Crippen LogP contribution in [0.25, 0.3) is 0 Å². The molecule has 1 heteroatoms. The third kappa shape index (κ3) is 2.56. The predicted octanol–water partition coefficient (Wildman–Crippen LogP) is 4.36. The summed E-state index contributed by atoms with van der Waals surface area (Å²) in [5.74, 6) is 0.724. The van der Waals surface area contributed by atoms with E-state index in [-0.39, 0.29) is 0 Å². The molecule has 94 valence electrons. The van der Waals surface area contributed by atoms with Gasteiger partial charge in [-0.2, -0.15) is 0 Å². The second kappa shape index (κ2) is 5.26. The van der Waals surface area contributed by atoms with Crippen molar-refractivity contribution in [1.29, 1.82) is 0 Å². The fraction of sp³-hybridized carbons (Fsp3) is 0.294. The van der Waals surface area contributed by atoms with E-state index in [0.29, 0.717) is 11.7 Å². The van der Waals surface area contributed by atoms with Crippen molar-refractivity contribution in [2.75, 3.05) is 0 Å². The van der Waals surface area contributed by atoms with Crippen molar-refractivity contribution in [2.45, 2.75) is 33.1 Å². The maximum atomic E-state index is 9.88. The molecule has 1 atom stereocenters. The number of phenols is 1. The van der Waals surface area contributed by atoms with Crippen molar-refractivity contribution in [1.82, 2.24) is 0 Å². The molecule has 0 aromatic heterocycles. The maximum absolute atomic E-state index is 9.88. The summed E-state index contributed by atoms with van der Waals surface area (Å²) in [6, 6.07) is 14.0. The molecule has 0 saturated heterocycles. The molecule has 0 heterocycles. The minimum Gasteiger partial charge on any atom is -0.508 e. The average molecular weight is 240 g/mol. The van der Waals surface area contributed by atoms with Crippen LogP contribution in [-0.4, -0.2) is 5.11 Å². The first-order valence-corrected chi connectivity index (χ1v) is 6.42. The van der Waals surface area contributed by atoms with Crippen LogP contribution in [0.3, 0.4) is 0 Å². The van der Waals surface area contributed by atoms with E-state index in [1.54, 1.807) is 6.07 Å². The van der Waals surface area contributed by atoms with E-state index in [1.165, 1.54) is 16.7 Å². The van der Waals surface area contributed by atoms with E-state index in [0.717, 1.165) is 12.0 Å². The van der Waals surface area contributed by atoms with Gasteiger partial charge in [-0.1, -0.05) is 43.3 Å². The molecule has 0 aliphatic heterocycles. The molecule has 1 nitrogen and oxygen atoms in total. The summed E-state index contributed by atoms with van der Waals surface area (Å²) >= 11 is 0. The highest BCUT2D eigenvalue weighted by Crippen LogP contribution is 2.29. The fourth-order valence-electron chi connectivity index (χ4n) is 2.38. The monoisotopic (exact) mass is 240 g/mol. The zero-order valence-electron chi connectivity index (χ0n) is 11.3. The predicted molar refractivity (Wildman–Crippen MR) is 76.1 cm³/mol. The highest BCUT2D eigenvalue weighted by Gasteiger charge is 2.12. The Morgan fingerprint density at radius 3 is 2.44 bits per heavy atom. The number of rotatable bonds is 3. The molecular weight excluding hydrogens is 220 g/mol. The van der Waals surface area contributed by atoms with Gasteiger partial charge in [-0.15, -0.1) is 0 Å². The van der Waals surface area contributed by atoms with Crippen molar-refractivity contribution in [3.63, 3.8) is 0 Å². The smallest absolute Gasteiger partial charge is 0.119 e. The fourth-order valence-corrected chi connectivity index (χ4v) is 2.38. The number of aromatic hydroxyl groups is 1. The van der Waals surface area contributed by atoms with Gasteiger partial charge in [0.05, 0.1) is 0 Å². The SMILES string of the molecule is Cc1cccc(CC(C)c2ccccc2O)c1C. The number of aryl methyl sites for hydroxylation is 1. The van der Waals surface area contributed by atoms with Crippen LogP contribution < -0.4 is 0 Å². The van der Waals surface area contributed by atoms with Gasteiger partial charge in [-0.05, 0) is 54.5 Å². The Kier molecular flexibility index (Phi) is 3.71. The van der Waals surface area contributed by atoms with Crippen LogP contribution in [0, 0.1) is 13.8 Å². The zero-order valence-corrected chi connectivity index (χ0v) is 11.3. The third-order valence-corrected chi connectivity index (χ3v) is 3.71. The largest absolute Gasteiger partial charge is 0.508 e. The van der Waals surface area contributed by atoms with Gasteiger partial charge in [0.1, 0.15) is 5.75 Å². The van der Waals surface area contributed by atoms with Crippen LogP contribution >= 0.6 is 0 Å². The Labute approximate surface area is 109 Å². The summed E-state index contributed by atoms with van der Waals surface area (Å²) in [7, 11) is 0. The summed E-state index contributed by atoms with van der Waals surface area (Å²) in [5.41, 5.74) is 5.08. The first-order chi connectivity index (χ1) is 8.59. The van der Waals surface area contributed by atoms with Crippen LogP contribution in [0.2, 0.25) is 0 Å². The maximum Gasteiger partial charge on any atom is 0.119 e. The summed E-state index contributed by atoms with van der Waals surface area (Å²) in [6.07, 6.45) is 0.963. The summed E-state index contributed by atoms with van der Waals surface area (Å²) in [5, 5.41) is 9.88. The van der Waals surface area contributed by atoms with Gasteiger partial charge < -0.3 is 5.11 Å². The molecule has 0 fully saturated rings. The quantitative estimate of drug-likeness (QED) is 0.845. The van der Waals surface area contributed by atoms with Crippen LogP contribution in [-0.2, 0) is 6.42 Å². The van der Waals surface area contributed by atoms with E-state index < -0.39 is 0 Å². The lowest BCUT2D eigenvalue weighted by Gasteiger charge is -2.16. The van der Waals surface area contributed by atoms with E-state index in [9.17, 15) is 5.11 Å². The molecule has 0 amide bonds. The topological polar surface area (TPSA) is 20.2 Å². The standard InChI is InChI=1S/C17H20O/c1-12-7-6-8-15(14(12)3)11-13(2)16-9-4-5-10-17(16)18/h4-10,13,18H,11H2,1-3H3. The van der Waals surface area contributed by atoms with Gasteiger partial charge in [-0.25, -0.2) is 0 Å². The molecule has 18 heavy (non-hydrogen) atoms. The molecule has 1 N–H and O–H groups in total. The Bertz CT molecular complexity index is 543. The highest BCUT2D eigenvalue weighted by atomic mass is 16.3. The van der Waals surface area contributed by atoms with E-state index in [4.69, 9.17) is 0 Å². The number of hydrogen-bond donors (Lipinski definition) is 1. The van der Waals surface area contributed by atoms with Crippen LogP contribution in [0.15, 0.2) is 42.5 Å². The van der Waals surface area contributed by atoms with E-state index >= 15 is 0 Å². The number of phenolic OH excluding ortho intramolecular Hbond substituents is 1. The van der Waals surface area contributed by atoms with Crippen LogP contribution in [0.5, 0.6) is 5.75 Å². The number of hydrogen-bond acceptors (Lipinski definition) is 1. The molecule has 2 aromatic rings. The molecule has 0 aliphatic rings. The molecule has 0 spiro atoms. The van der Waals surface area contributed by atoms with Crippen molar-refractivity contribution < 1.29 is 5.11 Å². The first kappa shape index (κ1) is 12.7. The molecule has 0 saturated carbocycles. The Morgan fingerprint density at radius 2 is 1.72 bits per heavy atom. The van der Waals surface area contributed by atoms with Crippen molar-refractivity contribution in [2.24, 2.45) is 0 Å². The lowest BCUT2D eigenvalue weighted by molar-refractivity contribution is 0.462. The van der Waals surface area contributed by atoms with Gasteiger partial charge in [0.2, 0.25) is 0 Å². The molecule has 0 aliphatic carbocycles. The van der Waals surface area contributed by atoms with Gasteiger partial charge in [0, 0.05) is 0 Å². The highest BCUT2D eigenvalue weighted by molar-refractivity contribution is 5.38. The Morgan fingerprint density at radius 1 is 1.00 bits per heavy atom. The number of benzene rings is 2. The Hall–Kier alpha value is -1.76. The van der Waals surface area contributed by atoms with Crippen molar-refractivity contribution in [3.8, 4) is 5.75 Å². The first-order valence-electron chi connectivity index (χ1n) is 6.42. The van der Waals surface area contributed by atoms with Crippen molar-refractivity contribution in [3.05, 3.63) is 64.7 Å². The minimum atomic E-state index is 0.326. The van der Waals surface area contributed by atoms with E-state index in [1.807, 2.05) is 18.2 Å². The van der Waals surface area contributed by atoms with Gasteiger partial charge in [0.15, 0.2) is 0 Å². The Balaban J connectivity index is 2.24. The number of para-hydroxylation sites is 1. The van der Waals surface area contributed by atoms with Crippen LogP contribution in [0.4, 0.5) is 0 Å². The molecule has 2 rings (SSSR count). The molecule has 2 aromatic carbocycles. The van der Waals surface area contributed by atoms with Crippen molar-refractivity contribution >= 4 is 0 Å². The molecule has 0 bridgehead atoms. The normalized spacial score (nSPS) is 12.4. The summed E-state index contributed by atoms with van der Waals surface area (Å²) in [4.78, 5) is 0. The second-order valence-electron chi connectivity index (χ2n) is 5.02. The van der Waals surface area contributed by atoms with Gasteiger partial charge in [0.25, 0.3) is 0 Å². The molecule has 0 radical (unpaired) electrons. The van der Waals surface area contributed by atoms with Crippen LogP contribution in [0.1, 0.15) is 35.1 Å². The van der Waals surface area contributed by atoms with E-state index in [2.05, 4.69) is 39.0 Å². The van der Waals surface area contributed by atoms with Gasteiger partial charge in [-0.3, -0.25) is 0 Å². The van der Waals surface area contributed by atoms with Gasteiger partial charge >= 0.3 is 0 Å². The third-order valence-electron chi connectivity index (χ3n) is 3.71. The zero-order chi connectivity index (χ0) is 13.1. The minimum absolute atomic E-state index is 0.326. The summed E-state index contributed by atoms with van der Waals surface area (Å²) in [6.45, 7) is 6.47.